The third-order valence-electron chi connectivity index (χ3n) is 5.65. The van der Waals surface area contributed by atoms with Gasteiger partial charge in [0.05, 0.1) is 0 Å². The monoisotopic (exact) mass is 416 g/mol. The van der Waals surface area contributed by atoms with Gasteiger partial charge in [0, 0.05) is 13.2 Å². The highest BCUT2D eigenvalue weighted by Gasteiger charge is 2.09. The molecule has 29 heavy (non-hydrogen) atoms. The predicted molar refractivity (Wildman–Crippen MR) is 129 cm³/mol. The molecule has 0 aliphatic heterocycles. The molecular weight excluding hydrogens is 360 g/mol. The molecule has 0 aromatic carbocycles. The van der Waals surface area contributed by atoms with Gasteiger partial charge in [-0.15, -0.1) is 0 Å². The second-order valence-corrected chi connectivity index (χ2v) is 8.62. The molecule has 2 N–H and O–H groups in total. The summed E-state index contributed by atoms with van der Waals surface area (Å²) in [7, 11) is 0. The van der Waals surface area contributed by atoms with E-state index in [2.05, 4.69) is 20.8 Å². The quantitative estimate of drug-likeness (QED) is 0.117. The van der Waals surface area contributed by atoms with Gasteiger partial charge >= 0.3 is 0 Å². The molecule has 0 saturated carbocycles. The molecule has 0 aromatic heterocycles. The van der Waals surface area contributed by atoms with Gasteiger partial charge < -0.3 is 14.9 Å². The smallest absolute Gasteiger partial charge is 0.157 e. The van der Waals surface area contributed by atoms with E-state index < -0.39 is 0 Å². The van der Waals surface area contributed by atoms with Crippen molar-refractivity contribution in [1.82, 2.24) is 0 Å². The van der Waals surface area contributed by atoms with E-state index in [9.17, 15) is 0 Å². The van der Waals surface area contributed by atoms with Crippen LogP contribution in [-0.2, 0) is 9.47 Å². The average Bonchev–Trinajstić information content (AvgIpc) is 2.71. The lowest BCUT2D eigenvalue weighted by molar-refractivity contribution is -0.148. The minimum atomic E-state index is 0. The number of unbranched alkanes of at least 4 members (excludes halogenated alkanes) is 16. The highest BCUT2D eigenvalue weighted by atomic mass is 16.7. The Labute approximate surface area is 184 Å². The van der Waals surface area contributed by atoms with Gasteiger partial charge in [0.2, 0.25) is 0 Å². The van der Waals surface area contributed by atoms with Crippen LogP contribution in [0.3, 0.4) is 0 Å². The predicted octanol–water partition coefficient (Wildman–Crippen LogP) is 8.38. The van der Waals surface area contributed by atoms with E-state index in [-0.39, 0.29) is 11.8 Å². The number of hydrogen-bond acceptors (Lipinski definition) is 2. The maximum Gasteiger partial charge on any atom is 0.157 e. The van der Waals surface area contributed by atoms with Crippen LogP contribution in [0.2, 0.25) is 0 Å². The first-order valence-electron chi connectivity index (χ1n) is 13.1. The van der Waals surface area contributed by atoms with Crippen molar-refractivity contribution in [2.24, 2.45) is 0 Å². The lowest BCUT2D eigenvalue weighted by Crippen LogP contribution is -2.19. The lowest BCUT2D eigenvalue weighted by Gasteiger charge is -2.19. The summed E-state index contributed by atoms with van der Waals surface area (Å²) in [5, 5.41) is 0. The zero-order valence-electron chi connectivity index (χ0n) is 20.5. The van der Waals surface area contributed by atoms with Gasteiger partial charge in [0.1, 0.15) is 0 Å². The second kappa shape index (κ2) is 27.9. The van der Waals surface area contributed by atoms with Crippen LogP contribution in [0.5, 0.6) is 0 Å². The maximum atomic E-state index is 6.10. The first kappa shape index (κ1) is 31.1. The van der Waals surface area contributed by atoms with Crippen molar-refractivity contribution < 1.29 is 14.9 Å². The molecular formula is C26H56O3. The molecule has 0 spiro atoms. The van der Waals surface area contributed by atoms with Crippen molar-refractivity contribution in [1.29, 1.82) is 0 Å². The highest BCUT2D eigenvalue weighted by Crippen LogP contribution is 2.14. The summed E-state index contributed by atoms with van der Waals surface area (Å²) in [5.41, 5.74) is 0. The van der Waals surface area contributed by atoms with Crippen LogP contribution in [0.4, 0.5) is 0 Å². The van der Waals surface area contributed by atoms with E-state index >= 15 is 0 Å². The average molecular weight is 417 g/mol. The summed E-state index contributed by atoms with van der Waals surface area (Å²) in [4.78, 5) is 0. The van der Waals surface area contributed by atoms with Gasteiger partial charge in [0.25, 0.3) is 0 Å². The normalized spacial score (nSPS) is 12.1. The molecule has 0 aliphatic carbocycles. The molecule has 3 heteroatoms. The minimum absolute atomic E-state index is 0. The van der Waals surface area contributed by atoms with E-state index in [0.29, 0.717) is 0 Å². The van der Waals surface area contributed by atoms with Crippen LogP contribution in [-0.4, -0.2) is 25.0 Å². The Hall–Kier alpha value is -0.120. The van der Waals surface area contributed by atoms with Crippen molar-refractivity contribution in [2.45, 2.75) is 155 Å². The fourth-order valence-corrected chi connectivity index (χ4v) is 3.68. The number of ether oxygens (including phenoxy) is 2. The third-order valence-corrected chi connectivity index (χ3v) is 5.65. The Morgan fingerprint density at radius 3 is 1.14 bits per heavy atom. The minimum Gasteiger partial charge on any atom is -0.412 e. The van der Waals surface area contributed by atoms with E-state index in [1.807, 2.05) is 0 Å². The van der Waals surface area contributed by atoms with Gasteiger partial charge in [-0.3, -0.25) is 0 Å². The molecule has 0 bridgehead atoms. The molecule has 0 aliphatic rings. The van der Waals surface area contributed by atoms with Crippen molar-refractivity contribution >= 4 is 0 Å². The summed E-state index contributed by atoms with van der Waals surface area (Å²) >= 11 is 0. The summed E-state index contributed by atoms with van der Waals surface area (Å²) in [6, 6.07) is 0. The summed E-state index contributed by atoms with van der Waals surface area (Å²) in [6.45, 7) is 8.58. The van der Waals surface area contributed by atoms with Crippen LogP contribution in [0.15, 0.2) is 0 Å². The van der Waals surface area contributed by atoms with E-state index in [4.69, 9.17) is 9.47 Å². The fourth-order valence-electron chi connectivity index (χ4n) is 3.68. The van der Waals surface area contributed by atoms with Crippen LogP contribution < -0.4 is 0 Å². The first-order chi connectivity index (χ1) is 13.8. The van der Waals surface area contributed by atoms with Crippen LogP contribution >= 0.6 is 0 Å². The number of hydrogen-bond donors (Lipinski definition) is 0. The third kappa shape index (κ3) is 25.8. The number of rotatable bonds is 24. The summed E-state index contributed by atoms with van der Waals surface area (Å²) in [5.74, 6) is 0. The second-order valence-electron chi connectivity index (χ2n) is 8.62. The van der Waals surface area contributed by atoms with Gasteiger partial charge in [-0.25, -0.2) is 0 Å². The van der Waals surface area contributed by atoms with Gasteiger partial charge in [-0.2, -0.15) is 0 Å². The van der Waals surface area contributed by atoms with Crippen molar-refractivity contribution in [2.75, 3.05) is 13.2 Å². The first-order valence-corrected chi connectivity index (χ1v) is 13.1. The molecule has 0 fully saturated rings. The topological polar surface area (TPSA) is 50.0 Å². The Bertz CT molecular complexity index is 271. The molecule has 0 saturated heterocycles. The van der Waals surface area contributed by atoms with Crippen molar-refractivity contribution in [3.63, 3.8) is 0 Å². The fraction of sp³-hybridized carbons (Fsp3) is 1.00. The zero-order valence-corrected chi connectivity index (χ0v) is 20.5. The molecule has 0 aromatic rings. The molecule has 3 nitrogen and oxygen atoms in total. The lowest BCUT2D eigenvalue weighted by atomic mass is 10.1. The van der Waals surface area contributed by atoms with E-state index in [1.165, 1.54) is 122 Å². The molecule has 0 amide bonds. The highest BCUT2D eigenvalue weighted by molar-refractivity contribution is 4.52. The van der Waals surface area contributed by atoms with Gasteiger partial charge in [-0.05, 0) is 25.7 Å². The molecule has 0 heterocycles. The van der Waals surface area contributed by atoms with Crippen LogP contribution in [0.25, 0.3) is 0 Å². The largest absolute Gasteiger partial charge is 0.412 e. The van der Waals surface area contributed by atoms with E-state index in [1.54, 1.807) is 0 Å². The van der Waals surface area contributed by atoms with Crippen LogP contribution in [0, 0.1) is 0 Å². The van der Waals surface area contributed by atoms with Crippen LogP contribution in [0.1, 0.15) is 149 Å². The van der Waals surface area contributed by atoms with Gasteiger partial charge in [0.15, 0.2) is 6.29 Å². The maximum absolute atomic E-state index is 6.10. The summed E-state index contributed by atoms with van der Waals surface area (Å²) < 4.78 is 12.2. The SMILES string of the molecule is CCCCCCCCCCCC(OCCCCCC)OCCCCCCCC.O. The molecule has 0 radical (unpaired) electrons. The van der Waals surface area contributed by atoms with Crippen molar-refractivity contribution in [3.05, 3.63) is 0 Å². The molecule has 1 unspecified atom stereocenters. The summed E-state index contributed by atoms with van der Waals surface area (Å²) in [6.07, 6.45) is 26.6. The Morgan fingerprint density at radius 1 is 0.414 bits per heavy atom. The molecule has 1 atom stereocenters. The molecule has 178 valence electrons. The zero-order chi connectivity index (χ0) is 20.5. The Balaban J connectivity index is 0. The molecule has 0 rings (SSSR count). The van der Waals surface area contributed by atoms with E-state index in [0.717, 1.165) is 19.6 Å². The Kier molecular flexibility index (Phi) is 29.9. The standard InChI is InChI=1S/C26H54O2.H2O/c1-4-7-10-13-15-16-17-18-20-23-26(27-24-21-12-9-6-3)28-25-22-19-14-11-8-5-2;/h26H,4-25H2,1-3H3;1H2. The van der Waals surface area contributed by atoms with Crippen molar-refractivity contribution in [3.8, 4) is 0 Å². The van der Waals surface area contributed by atoms with Gasteiger partial charge in [-0.1, -0.05) is 124 Å². The Morgan fingerprint density at radius 2 is 0.724 bits per heavy atom.